The summed E-state index contributed by atoms with van der Waals surface area (Å²) < 4.78 is 14.3. The molecule has 0 spiro atoms. The van der Waals surface area contributed by atoms with Crippen molar-refractivity contribution in [3.05, 3.63) is 34.6 Å². The number of ketones is 2. The highest BCUT2D eigenvalue weighted by Gasteiger charge is 2.39. The smallest absolute Gasteiger partial charge is 0.255 e. The van der Waals surface area contributed by atoms with Crippen LogP contribution in [0.15, 0.2) is 12.1 Å². The van der Waals surface area contributed by atoms with E-state index in [0.29, 0.717) is 30.5 Å². The van der Waals surface area contributed by atoms with Crippen LogP contribution in [0.5, 0.6) is 0 Å². The lowest BCUT2D eigenvalue weighted by atomic mass is 9.85. The fourth-order valence-electron chi connectivity index (χ4n) is 3.37. The minimum atomic E-state index is -0.561. The van der Waals surface area contributed by atoms with Crippen molar-refractivity contribution < 1.29 is 18.8 Å². The highest BCUT2D eigenvalue weighted by molar-refractivity contribution is 6.07. The van der Waals surface area contributed by atoms with Crippen LogP contribution in [0.1, 0.15) is 61.5 Å². The van der Waals surface area contributed by atoms with Crippen LogP contribution in [0.2, 0.25) is 0 Å². The van der Waals surface area contributed by atoms with Crippen LogP contribution in [0, 0.1) is 5.82 Å². The Morgan fingerprint density at radius 2 is 1.87 bits per heavy atom. The summed E-state index contributed by atoms with van der Waals surface area (Å²) in [6.07, 6.45) is 0.580. The maximum absolute atomic E-state index is 14.3. The number of amides is 1. The van der Waals surface area contributed by atoms with E-state index in [2.05, 4.69) is 0 Å². The van der Waals surface area contributed by atoms with Gasteiger partial charge in [0, 0.05) is 18.5 Å². The quantitative estimate of drug-likeness (QED) is 0.748. The van der Waals surface area contributed by atoms with Gasteiger partial charge in [-0.25, -0.2) is 4.39 Å². The van der Waals surface area contributed by atoms with Gasteiger partial charge in [0.2, 0.25) is 0 Å². The van der Waals surface area contributed by atoms with Crippen LogP contribution in [-0.4, -0.2) is 28.4 Å². The van der Waals surface area contributed by atoms with Crippen LogP contribution in [-0.2, 0) is 21.5 Å². The second kappa shape index (κ2) is 5.25. The minimum absolute atomic E-state index is 0.0727. The number of rotatable bonds is 1. The first-order valence-electron chi connectivity index (χ1n) is 7.87. The minimum Gasteiger partial charge on any atom is -0.324 e. The Kier molecular flexibility index (Phi) is 3.62. The molecular weight excluding hydrogens is 297 g/mol. The van der Waals surface area contributed by atoms with Gasteiger partial charge in [-0.3, -0.25) is 14.4 Å². The number of hydrogen-bond donors (Lipinski definition) is 0. The van der Waals surface area contributed by atoms with E-state index in [1.165, 1.54) is 11.0 Å². The Morgan fingerprint density at radius 3 is 2.48 bits per heavy atom. The van der Waals surface area contributed by atoms with Crippen LogP contribution < -0.4 is 0 Å². The summed E-state index contributed by atoms with van der Waals surface area (Å²) in [7, 11) is 0. The van der Waals surface area contributed by atoms with Gasteiger partial charge in [-0.1, -0.05) is 20.8 Å². The van der Waals surface area contributed by atoms with Gasteiger partial charge in [-0.15, -0.1) is 0 Å². The molecule has 1 atom stereocenters. The maximum Gasteiger partial charge on any atom is 0.255 e. The lowest BCUT2D eigenvalue weighted by Crippen LogP contribution is -2.44. The normalized spacial score (nSPS) is 21.8. The Bertz CT molecular complexity index is 718. The van der Waals surface area contributed by atoms with Crippen molar-refractivity contribution in [3.63, 3.8) is 0 Å². The van der Waals surface area contributed by atoms with Crippen LogP contribution in [0.4, 0.5) is 4.39 Å². The highest BCUT2D eigenvalue weighted by atomic mass is 19.1. The molecule has 3 rings (SSSR count). The average molecular weight is 317 g/mol. The molecule has 0 unspecified atom stereocenters. The number of Topliss-reactive ketones (excluding diaryl/α,β-unsaturated/α-hetero) is 2. The molecule has 5 heteroatoms. The van der Waals surface area contributed by atoms with Crippen LogP contribution in [0.3, 0.4) is 0 Å². The van der Waals surface area contributed by atoms with Crippen molar-refractivity contribution in [2.24, 2.45) is 0 Å². The molecule has 1 fully saturated rings. The molecule has 0 saturated heterocycles. The van der Waals surface area contributed by atoms with Crippen LogP contribution >= 0.6 is 0 Å². The van der Waals surface area contributed by atoms with Gasteiger partial charge >= 0.3 is 0 Å². The molecule has 1 heterocycles. The first kappa shape index (κ1) is 15.8. The molecule has 0 bridgehead atoms. The van der Waals surface area contributed by atoms with Crippen molar-refractivity contribution in [3.8, 4) is 0 Å². The van der Waals surface area contributed by atoms with Crippen molar-refractivity contribution in [2.75, 3.05) is 0 Å². The zero-order valence-corrected chi connectivity index (χ0v) is 13.6. The second-order valence-corrected chi connectivity index (χ2v) is 7.41. The second-order valence-electron chi connectivity index (χ2n) is 7.41. The van der Waals surface area contributed by atoms with Crippen LogP contribution in [0.25, 0.3) is 0 Å². The molecule has 23 heavy (non-hydrogen) atoms. The summed E-state index contributed by atoms with van der Waals surface area (Å²) >= 11 is 0. The standard InChI is InChI=1S/C18H20FNO3/c1-18(2,3)13-6-10-9-20(17(23)12(10)8-14(13)19)15-5-4-11(21)7-16(15)22/h6,8,15H,4-5,7,9H2,1-3H3/t15-/m0/s1. The zero-order valence-electron chi connectivity index (χ0n) is 13.6. The van der Waals surface area contributed by atoms with Crippen molar-refractivity contribution in [1.29, 1.82) is 0 Å². The van der Waals surface area contributed by atoms with E-state index in [1.807, 2.05) is 20.8 Å². The molecule has 1 amide bonds. The third-order valence-corrected chi connectivity index (χ3v) is 4.65. The van der Waals surface area contributed by atoms with Gasteiger partial charge in [0.05, 0.1) is 12.5 Å². The Hall–Kier alpha value is -2.04. The largest absolute Gasteiger partial charge is 0.324 e. The van der Waals surface area contributed by atoms with Gasteiger partial charge in [0.25, 0.3) is 5.91 Å². The molecule has 122 valence electrons. The van der Waals surface area contributed by atoms with Gasteiger partial charge in [0.1, 0.15) is 11.6 Å². The van der Waals surface area contributed by atoms with Gasteiger partial charge in [-0.05, 0) is 35.1 Å². The van der Waals surface area contributed by atoms with Gasteiger partial charge in [0.15, 0.2) is 5.78 Å². The molecular formula is C18H20FNO3. The summed E-state index contributed by atoms with van der Waals surface area (Å²) in [5, 5.41) is 0. The lowest BCUT2D eigenvalue weighted by Gasteiger charge is -2.29. The summed E-state index contributed by atoms with van der Waals surface area (Å²) in [6, 6.07) is 2.46. The molecule has 1 aromatic carbocycles. The fourth-order valence-corrected chi connectivity index (χ4v) is 3.37. The van der Waals surface area contributed by atoms with E-state index < -0.39 is 11.9 Å². The number of carbonyl (C=O) groups excluding carboxylic acids is 3. The molecule has 1 aliphatic heterocycles. The number of benzene rings is 1. The molecule has 4 nitrogen and oxygen atoms in total. The number of halogens is 1. The zero-order chi connectivity index (χ0) is 16.9. The summed E-state index contributed by atoms with van der Waals surface area (Å²) in [4.78, 5) is 37.5. The SMILES string of the molecule is CC(C)(C)c1cc2c(cc1F)C(=O)N([C@H]1CCC(=O)CC1=O)C2. The van der Waals surface area contributed by atoms with E-state index in [4.69, 9.17) is 0 Å². The fraction of sp³-hybridized carbons (Fsp3) is 0.500. The van der Waals surface area contributed by atoms with E-state index in [-0.39, 0.29) is 29.3 Å². The highest BCUT2D eigenvalue weighted by Crippen LogP contribution is 2.34. The third kappa shape index (κ3) is 2.69. The Morgan fingerprint density at radius 1 is 1.17 bits per heavy atom. The molecule has 1 aromatic rings. The van der Waals surface area contributed by atoms with Gasteiger partial charge in [-0.2, -0.15) is 0 Å². The predicted molar refractivity (Wildman–Crippen MR) is 82.6 cm³/mol. The Labute approximate surface area is 134 Å². The molecule has 1 saturated carbocycles. The maximum atomic E-state index is 14.3. The summed E-state index contributed by atoms with van der Waals surface area (Å²) in [6.45, 7) is 6.07. The van der Waals surface area contributed by atoms with E-state index >= 15 is 0 Å². The van der Waals surface area contributed by atoms with E-state index in [1.54, 1.807) is 6.07 Å². The van der Waals surface area contributed by atoms with Crippen molar-refractivity contribution in [1.82, 2.24) is 4.90 Å². The molecule has 0 aromatic heterocycles. The van der Waals surface area contributed by atoms with E-state index in [0.717, 1.165) is 5.56 Å². The Balaban J connectivity index is 1.93. The van der Waals surface area contributed by atoms with Crippen molar-refractivity contribution in [2.45, 2.75) is 58.0 Å². The first-order chi connectivity index (χ1) is 10.7. The summed E-state index contributed by atoms with van der Waals surface area (Å²) in [5.41, 5.74) is 1.30. The number of carbonyl (C=O) groups is 3. The molecule has 2 aliphatic rings. The van der Waals surface area contributed by atoms with E-state index in [9.17, 15) is 18.8 Å². The summed E-state index contributed by atoms with van der Waals surface area (Å²) in [5.74, 6) is -0.987. The number of nitrogens with zero attached hydrogens (tertiary/aromatic N) is 1. The molecule has 0 radical (unpaired) electrons. The molecule has 0 N–H and O–H groups in total. The first-order valence-corrected chi connectivity index (χ1v) is 7.87. The lowest BCUT2D eigenvalue weighted by molar-refractivity contribution is -0.133. The average Bonchev–Trinajstić information content (AvgIpc) is 2.74. The molecule has 1 aliphatic carbocycles. The topological polar surface area (TPSA) is 54.5 Å². The third-order valence-electron chi connectivity index (χ3n) is 4.65. The number of fused-ring (bicyclic) bond motifs is 1. The predicted octanol–water partition coefficient (Wildman–Crippen LogP) is 2.77. The number of hydrogen-bond acceptors (Lipinski definition) is 3. The monoisotopic (exact) mass is 317 g/mol. The van der Waals surface area contributed by atoms with Crippen molar-refractivity contribution >= 4 is 17.5 Å². The van der Waals surface area contributed by atoms with Gasteiger partial charge < -0.3 is 4.90 Å².